The van der Waals surface area contributed by atoms with Crippen LogP contribution in [0.3, 0.4) is 0 Å². The Balaban J connectivity index is 3.99. The van der Waals surface area contributed by atoms with Gasteiger partial charge in [0.25, 0.3) is 0 Å². The third-order valence-corrected chi connectivity index (χ3v) is 2.41. The van der Waals surface area contributed by atoms with Crippen LogP contribution in [0.5, 0.6) is 0 Å². The van der Waals surface area contributed by atoms with Gasteiger partial charge in [-0.1, -0.05) is 26.2 Å². The van der Waals surface area contributed by atoms with E-state index in [4.69, 9.17) is 14.9 Å². The molecule has 0 bridgehead atoms. The number of ether oxygens (including phenoxy) is 1. The van der Waals surface area contributed by atoms with Gasteiger partial charge in [-0.25, -0.2) is 4.79 Å². The zero-order valence-corrected chi connectivity index (χ0v) is 10.6. The number of hydrogen-bond donors (Lipinski definition) is 2. The summed E-state index contributed by atoms with van der Waals surface area (Å²) in [7, 11) is 0. The summed E-state index contributed by atoms with van der Waals surface area (Å²) in [6.07, 6.45) is 2.09. The van der Waals surface area contributed by atoms with E-state index in [1.54, 1.807) is 0 Å². The van der Waals surface area contributed by atoms with Crippen molar-refractivity contribution in [3.05, 3.63) is 0 Å². The van der Waals surface area contributed by atoms with Crippen LogP contribution in [-0.2, 0) is 19.1 Å². The highest BCUT2D eigenvalue weighted by Crippen LogP contribution is 2.10. The Morgan fingerprint density at radius 3 is 2.22 bits per heavy atom. The molecule has 0 heterocycles. The van der Waals surface area contributed by atoms with E-state index in [-0.39, 0.29) is 19.3 Å². The van der Waals surface area contributed by atoms with Crippen LogP contribution in [0, 0.1) is 0 Å². The van der Waals surface area contributed by atoms with Crippen LogP contribution >= 0.6 is 0 Å². The Hall–Kier alpha value is -1.59. The fourth-order valence-corrected chi connectivity index (χ4v) is 1.42. The van der Waals surface area contributed by atoms with Crippen molar-refractivity contribution in [2.24, 2.45) is 0 Å². The van der Waals surface area contributed by atoms with Crippen molar-refractivity contribution in [1.29, 1.82) is 0 Å². The largest absolute Gasteiger partial charge is 0.481 e. The van der Waals surface area contributed by atoms with E-state index in [9.17, 15) is 14.4 Å². The number of carboxylic acids is 2. The van der Waals surface area contributed by atoms with Gasteiger partial charge in [0, 0.05) is 0 Å². The Kier molecular flexibility index (Phi) is 8.61. The van der Waals surface area contributed by atoms with E-state index in [0.29, 0.717) is 6.42 Å². The van der Waals surface area contributed by atoms with Crippen LogP contribution in [-0.4, -0.2) is 34.2 Å². The molecule has 6 heteroatoms. The zero-order valence-electron chi connectivity index (χ0n) is 10.6. The molecule has 2 N–H and O–H groups in total. The molecule has 0 aliphatic heterocycles. The second-order valence-electron chi connectivity index (χ2n) is 4.06. The fourth-order valence-electron chi connectivity index (χ4n) is 1.42. The monoisotopic (exact) mass is 260 g/mol. The first kappa shape index (κ1) is 16.4. The lowest BCUT2D eigenvalue weighted by Crippen LogP contribution is -2.27. The SMILES string of the molecule is CCCCCCC(OC(=O)CCC(=O)O)C(=O)O. The van der Waals surface area contributed by atoms with Crippen LogP contribution in [0.15, 0.2) is 0 Å². The molecule has 0 saturated heterocycles. The number of unbranched alkanes of at least 4 members (excludes halogenated alkanes) is 3. The lowest BCUT2D eigenvalue weighted by Gasteiger charge is -2.13. The van der Waals surface area contributed by atoms with Crippen molar-refractivity contribution in [3.63, 3.8) is 0 Å². The van der Waals surface area contributed by atoms with Gasteiger partial charge in [0.05, 0.1) is 12.8 Å². The summed E-state index contributed by atoms with van der Waals surface area (Å²) in [6.45, 7) is 2.04. The van der Waals surface area contributed by atoms with Crippen LogP contribution < -0.4 is 0 Å². The smallest absolute Gasteiger partial charge is 0.345 e. The second-order valence-corrected chi connectivity index (χ2v) is 4.06. The van der Waals surface area contributed by atoms with Crippen molar-refractivity contribution in [3.8, 4) is 0 Å². The first-order chi connectivity index (χ1) is 8.47. The quantitative estimate of drug-likeness (QED) is 0.459. The van der Waals surface area contributed by atoms with E-state index in [2.05, 4.69) is 0 Å². The molecule has 0 aliphatic rings. The summed E-state index contributed by atoms with van der Waals surface area (Å²) in [5, 5.41) is 17.2. The first-order valence-electron chi connectivity index (χ1n) is 6.11. The summed E-state index contributed by atoms with van der Waals surface area (Å²) in [5.41, 5.74) is 0. The molecule has 0 rings (SSSR count). The van der Waals surface area contributed by atoms with Gasteiger partial charge in [0.15, 0.2) is 6.10 Å². The van der Waals surface area contributed by atoms with Crippen molar-refractivity contribution in [2.45, 2.75) is 58.0 Å². The molecule has 0 aromatic rings. The van der Waals surface area contributed by atoms with Crippen molar-refractivity contribution in [2.75, 3.05) is 0 Å². The van der Waals surface area contributed by atoms with Crippen LogP contribution in [0.4, 0.5) is 0 Å². The molecular formula is C12H20O6. The van der Waals surface area contributed by atoms with Gasteiger partial charge >= 0.3 is 17.9 Å². The Labute approximate surface area is 106 Å². The lowest BCUT2D eigenvalue weighted by molar-refractivity contribution is -0.165. The Morgan fingerprint density at radius 1 is 1.06 bits per heavy atom. The molecule has 104 valence electrons. The molecule has 0 amide bonds. The molecule has 0 saturated carbocycles. The number of carbonyl (C=O) groups excluding carboxylic acids is 1. The van der Waals surface area contributed by atoms with Crippen LogP contribution in [0.2, 0.25) is 0 Å². The molecule has 0 spiro atoms. The second kappa shape index (κ2) is 9.44. The van der Waals surface area contributed by atoms with Gasteiger partial charge in [-0.05, 0) is 12.8 Å². The minimum atomic E-state index is -1.19. The van der Waals surface area contributed by atoms with E-state index in [0.717, 1.165) is 19.3 Å². The molecule has 0 aromatic heterocycles. The van der Waals surface area contributed by atoms with Gasteiger partial charge in [-0.3, -0.25) is 9.59 Å². The summed E-state index contributed by atoms with van der Waals surface area (Å²) < 4.78 is 4.74. The third-order valence-electron chi connectivity index (χ3n) is 2.41. The number of rotatable bonds is 10. The van der Waals surface area contributed by atoms with Crippen LogP contribution in [0.25, 0.3) is 0 Å². The normalized spacial score (nSPS) is 11.8. The number of esters is 1. The van der Waals surface area contributed by atoms with Crippen molar-refractivity contribution in [1.82, 2.24) is 0 Å². The topological polar surface area (TPSA) is 101 Å². The van der Waals surface area contributed by atoms with Crippen molar-refractivity contribution >= 4 is 17.9 Å². The maximum Gasteiger partial charge on any atom is 0.345 e. The number of carbonyl (C=O) groups is 3. The summed E-state index contributed by atoms with van der Waals surface area (Å²) in [4.78, 5) is 32.3. The molecule has 1 atom stereocenters. The van der Waals surface area contributed by atoms with Crippen molar-refractivity contribution < 1.29 is 29.3 Å². The average molecular weight is 260 g/mol. The van der Waals surface area contributed by atoms with Gasteiger partial charge in [0.2, 0.25) is 0 Å². The van der Waals surface area contributed by atoms with Gasteiger partial charge in [-0.15, -0.1) is 0 Å². The van der Waals surface area contributed by atoms with Gasteiger partial charge in [0.1, 0.15) is 0 Å². The molecule has 0 aliphatic carbocycles. The Morgan fingerprint density at radius 2 is 1.72 bits per heavy atom. The maximum atomic E-state index is 11.2. The highest BCUT2D eigenvalue weighted by atomic mass is 16.6. The minimum absolute atomic E-state index is 0.272. The van der Waals surface area contributed by atoms with E-state index in [1.807, 2.05) is 6.92 Å². The zero-order chi connectivity index (χ0) is 14.0. The van der Waals surface area contributed by atoms with E-state index in [1.165, 1.54) is 0 Å². The lowest BCUT2D eigenvalue weighted by atomic mass is 10.1. The predicted octanol–water partition coefficient (Wildman–Crippen LogP) is 1.82. The maximum absolute atomic E-state index is 11.2. The van der Waals surface area contributed by atoms with Gasteiger partial charge < -0.3 is 14.9 Å². The molecule has 18 heavy (non-hydrogen) atoms. The van der Waals surface area contributed by atoms with E-state index >= 15 is 0 Å². The van der Waals surface area contributed by atoms with Crippen LogP contribution in [0.1, 0.15) is 51.9 Å². The fraction of sp³-hybridized carbons (Fsp3) is 0.750. The summed E-state index contributed by atoms with van der Waals surface area (Å²) in [5.74, 6) is -3.07. The number of carboxylic acid groups (broad SMARTS) is 2. The molecule has 0 fully saturated rings. The van der Waals surface area contributed by atoms with Gasteiger partial charge in [-0.2, -0.15) is 0 Å². The standard InChI is InChI=1S/C12H20O6/c1-2-3-4-5-6-9(12(16)17)18-11(15)8-7-10(13)14/h9H,2-8H2,1H3,(H,13,14)(H,16,17). The summed E-state index contributed by atoms with van der Waals surface area (Å²) >= 11 is 0. The molecule has 6 nitrogen and oxygen atoms in total. The molecular weight excluding hydrogens is 240 g/mol. The minimum Gasteiger partial charge on any atom is -0.481 e. The number of hydrogen-bond acceptors (Lipinski definition) is 4. The first-order valence-corrected chi connectivity index (χ1v) is 6.11. The predicted molar refractivity (Wildman–Crippen MR) is 63.1 cm³/mol. The summed E-state index contributed by atoms with van der Waals surface area (Å²) in [6, 6.07) is 0. The molecule has 0 radical (unpaired) electrons. The molecule has 1 unspecified atom stereocenters. The highest BCUT2D eigenvalue weighted by Gasteiger charge is 2.21. The van der Waals surface area contributed by atoms with E-state index < -0.39 is 24.0 Å². The molecule has 0 aromatic carbocycles. The number of aliphatic carboxylic acids is 2. The third kappa shape index (κ3) is 8.55. The Bertz CT molecular complexity index is 286. The average Bonchev–Trinajstić information content (AvgIpc) is 2.30. The highest BCUT2D eigenvalue weighted by molar-refractivity contribution is 5.80.